The lowest BCUT2D eigenvalue weighted by Crippen LogP contribution is -2.38. The van der Waals surface area contributed by atoms with Gasteiger partial charge >= 0.3 is 0 Å². The number of hydrogen-bond acceptors (Lipinski definition) is 2. The molecule has 0 bridgehead atoms. The molecule has 0 aliphatic rings. The zero-order chi connectivity index (χ0) is 21.0. The number of anilines is 2. The Kier molecular flexibility index (Phi) is 6.12. The second-order valence-corrected chi connectivity index (χ2v) is 7.39. The largest absolute Gasteiger partial charge is 0.322 e. The van der Waals surface area contributed by atoms with Crippen molar-refractivity contribution in [1.82, 2.24) is 4.57 Å². The van der Waals surface area contributed by atoms with Gasteiger partial charge in [0.05, 0.1) is 0 Å². The molecule has 29 heavy (non-hydrogen) atoms. The van der Waals surface area contributed by atoms with Gasteiger partial charge in [0, 0.05) is 11.4 Å². The minimum absolute atomic E-state index is 0.106. The standard InChI is InChI=1S/C23H26N4O2/c1-16-7-5-8-17(2)22(16)24-20(28)13-26-11-12-27(15-26)14-21(29)25-23-18(3)9-6-10-19(23)4/h5-12,15H,13-14H2,1-4H3,(H-,24,25,28,29)/p+1. The maximum absolute atomic E-state index is 12.4. The van der Waals surface area contributed by atoms with Crippen LogP contribution in [0.3, 0.4) is 0 Å². The zero-order valence-corrected chi connectivity index (χ0v) is 17.3. The van der Waals surface area contributed by atoms with E-state index in [4.69, 9.17) is 0 Å². The van der Waals surface area contributed by atoms with E-state index in [9.17, 15) is 9.59 Å². The van der Waals surface area contributed by atoms with Gasteiger partial charge < -0.3 is 10.6 Å². The summed E-state index contributed by atoms with van der Waals surface area (Å²) in [5, 5.41) is 5.95. The number of rotatable bonds is 6. The molecule has 0 atom stereocenters. The first-order chi connectivity index (χ1) is 13.8. The first-order valence-corrected chi connectivity index (χ1v) is 9.60. The van der Waals surface area contributed by atoms with Crippen LogP contribution in [0.2, 0.25) is 0 Å². The Morgan fingerprint density at radius 2 is 1.31 bits per heavy atom. The van der Waals surface area contributed by atoms with Gasteiger partial charge in [-0.15, -0.1) is 0 Å². The predicted molar refractivity (Wildman–Crippen MR) is 114 cm³/mol. The molecule has 6 nitrogen and oxygen atoms in total. The molecule has 0 fully saturated rings. The smallest absolute Gasteiger partial charge is 0.266 e. The van der Waals surface area contributed by atoms with Crippen molar-refractivity contribution in [3.8, 4) is 0 Å². The summed E-state index contributed by atoms with van der Waals surface area (Å²) in [5.74, 6) is -0.213. The van der Waals surface area contributed by atoms with Gasteiger partial charge in [0.2, 0.25) is 6.33 Å². The summed E-state index contributed by atoms with van der Waals surface area (Å²) in [7, 11) is 0. The summed E-state index contributed by atoms with van der Waals surface area (Å²) < 4.78 is 3.52. The number of carbonyl (C=O) groups is 2. The van der Waals surface area contributed by atoms with Crippen molar-refractivity contribution in [3.05, 3.63) is 77.4 Å². The fraction of sp³-hybridized carbons (Fsp3) is 0.261. The van der Waals surface area contributed by atoms with Gasteiger partial charge in [-0.25, -0.2) is 9.13 Å². The number of benzene rings is 2. The molecule has 3 rings (SSSR count). The third-order valence-corrected chi connectivity index (χ3v) is 4.89. The molecule has 2 aromatic carbocycles. The summed E-state index contributed by atoms with van der Waals surface area (Å²) in [5.41, 5.74) is 5.83. The van der Waals surface area contributed by atoms with Crippen molar-refractivity contribution in [3.63, 3.8) is 0 Å². The van der Waals surface area contributed by atoms with Crippen LogP contribution in [0, 0.1) is 27.7 Å². The van der Waals surface area contributed by atoms with Crippen LogP contribution in [0.5, 0.6) is 0 Å². The number of aryl methyl sites for hydroxylation is 4. The lowest BCUT2D eigenvalue weighted by molar-refractivity contribution is -0.683. The van der Waals surface area contributed by atoms with Crippen LogP contribution in [0.15, 0.2) is 55.1 Å². The normalized spacial score (nSPS) is 10.6. The molecule has 6 heteroatoms. The summed E-state index contributed by atoms with van der Waals surface area (Å²) in [6.07, 6.45) is 5.34. The van der Waals surface area contributed by atoms with E-state index in [2.05, 4.69) is 10.6 Å². The lowest BCUT2D eigenvalue weighted by atomic mass is 10.1. The third kappa shape index (κ3) is 5.10. The van der Waals surface area contributed by atoms with Gasteiger partial charge in [-0.3, -0.25) is 9.59 Å². The number of carbonyl (C=O) groups excluding carboxylic acids is 2. The Morgan fingerprint density at radius 3 is 1.83 bits per heavy atom. The second-order valence-electron chi connectivity index (χ2n) is 7.39. The highest BCUT2D eigenvalue weighted by atomic mass is 16.2. The van der Waals surface area contributed by atoms with Crippen molar-refractivity contribution in [2.24, 2.45) is 0 Å². The number of aromatic nitrogens is 2. The van der Waals surface area contributed by atoms with Crippen LogP contribution in [0.4, 0.5) is 11.4 Å². The number of para-hydroxylation sites is 2. The average molecular weight is 391 g/mol. The molecule has 0 radical (unpaired) electrons. The minimum Gasteiger partial charge on any atom is -0.322 e. The molecular formula is C23H27N4O2+. The van der Waals surface area contributed by atoms with Crippen LogP contribution in [-0.2, 0) is 22.7 Å². The molecule has 0 saturated heterocycles. The van der Waals surface area contributed by atoms with Gasteiger partial charge in [0.25, 0.3) is 11.8 Å². The molecule has 0 spiro atoms. The highest BCUT2D eigenvalue weighted by molar-refractivity contribution is 5.92. The Labute approximate surface area is 171 Å². The monoisotopic (exact) mass is 391 g/mol. The third-order valence-electron chi connectivity index (χ3n) is 4.89. The van der Waals surface area contributed by atoms with Crippen LogP contribution < -0.4 is 15.2 Å². The molecule has 1 aromatic heterocycles. The van der Waals surface area contributed by atoms with Crippen molar-refractivity contribution in [1.29, 1.82) is 0 Å². The van der Waals surface area contributed by atoms with Gasteiger partial charge in [0.15, 0.2) is 13.1 Å². The van der Waals surface area contributed by atoms with E-state index in [-0.39, 0.29) is 24.9 Å². The van der Waals surface area contributed by atoms with Crippen LogP contribution in [-0.4, -0.2) is 16.4 Å². The topological polar surface area (TPSA) is 67.0 Å². The Balaban J connectivity index is 1.59. The van der Waals surface area contributed by atoms with Gasteiger partial charge in [-0.1, -0.05) is 36.4 Å². The molecule has 3 aromatic rings. The Hall–Kier alpha value is -3.41. The Bertz CT molecular complexity index is 930. The molecule has 1 heterocycles. The van der Waals surface area contributed by atoms with E-state index < -0.39 is 0 Å². The van der Waals surface area contributed by atoms with E-state index in [1.807, 2.05) is 64.1 Å². The quantitative estimate of drug-likeness (QED) is 0.633. The average Bonchev–Trinajstić information content (AvgIpc) is 3.08. The number of hydrogen-bond donors (Lipinski definition) is 2. The Morgan fingerprint density at radius 1 is 0.828 bits per heavy atom. The van der Waals surface area contributed by atoms with E-state index in [0.29, 0.717) is 0 Å². The summed E-state index contributed by atoms with van der Waals surface area (Å²) in [4.78, 5) is 24.8. The maximum Gasteiger partial charge on any atom is 0.266 e. The van der Waals surface area contributed by atoms with Crippen molar-refractivity contribution in [2.45, 2.75) is 40.8 Å². The molecule has 150 valence electrons. The van der Waals surface area contributed by atoms with Crippen LogP contribution in [0.1, 0.15) is 22.3 Å². The number of amides is 2. The lowest BCUT2D eigenvalue weighted by Gasteiger charge is -2.10. The molecular weight excluding hydrogens is 364 g/mol. The SMILES string of the molecule is Cc1cccc(C)c1NC(=O)Cn1cc[n+](CC(=O)Nc2c(C)cccc2C)c1. The molecule has 0 unspecified atom stereocenters. The molecule has 0 aliphatic heterocycles. The van der Waals surface area contributed by atoms with Crippen LogP contribution in [0.25, 0.3) is 0 Å². The van der Waals surface area contributed by atoms with Gasteiger partial charge in [-0.05, 0) is 49.9 Å². The van der Waals surface area contributed by atoms with Crippen molar-refractivity contribution >= 4 is 23.2 Å². The molecule has 2 amide bonds. The maximum atomic E-state index is 12.4. The van der Waals surface area contributed by atoms with E-state index in [0.717, 1.165) is 33.6 Å². The molecule has 0 aliphatic carbocycles. The first kappa shape index (κ1) is 20.3. The summed E-state index contributed by atoms with van der Waals surface area (Å²) in [6.45, 7) is 8.25. The van der Waals surface area contributed by atoms with E-state index >= 15 is 0 Å². The summed E-state index contributed by atoms with van der Waals surface area (Å²) in [6, 6.07) is 11.8. The number of imidazole rings is 1. The highest BCUT2D eigenvalue weighted by Gasteiger charge is 2.14. The number of nitrogens with one attached hydrogen (secondary N) is 2. The fourth-order valence-corrected chi connectivity index (χ4v) is 3.34. The van der Waals surface area contributed by atoms with E-state index in [1.54, 1.807) is 27.9 Å². The van der Waals surface area contributed by atoms with E-state index in [1.165, 1.54) is 0 Å². The highest BCUT2D eigenvalue weighted by Crippen LogP contribution is 2.20. The predicted octanol–water partition coefficient (Wildman–Crippen LogP) is 3.29. The minimum atomic E-state index is -0.106. The van der Waals surface area contributed by atoms with Crippen LogP contribution >= 0.6 is 0 Å². The fourth-order valence-electron chi connectivity index (χ4n) is 3.34. The first-order valence-electron chi connectivity index (χ1n) is 9.60. The van der Waals surface area contributed by atoms with Crippen molar-refractivity contribution < 1.29 is 14.2 Å². The summed E-state index contributed by atoms with van der Waals surface area (Å²) >= 11 is 0. The molecule has 2 N–H and O–H groups in total. The van der Waals surface area contributed by atoms with Crippen molar-refractivity contribution in [2.75, 3.05) is 10.6 Å². The molecule has 0 saturated carbocycles. The number of nitrogens with zero attached hydrogens (tertiary/aromatic N) is 2. The van der Waals surface area contributed by atoms with Gasteiger partial charge in [0.1, 0.15) is 12.4 Å². The second kappa shape index (κ2) is 8.73. The zero-order valence-electron chi connectivity index (χ0n) is 17.3. The van der Waals surface area contributed by atoms with Gasteiger partial charge in [-0.2, -0.15) is 0 Å².